The van der Waals surface area contributed by atoms with Crippen LogP contribution in [0.5, 0.6) is 11.8 Å². The molecule has 3 aromatic heterocycles. The quantitative estimate of drug-likeness (QED) is 0.295. The minimum absolute atomic E-state index is 0.0521. The van der Waals surface area contributed by atoms with Gasteiger partial charge < -0.3 is 23.9 Å². The molecule has 13 heteroatoms. The van der Waals surface area contributed by atoms with Crippen molar-refractivity contribution in [3.63, 3.8) is 0 Å². The fraction of sp³-hybridized carbons (Fsp3) is 0.414. The predicted molar refractivity (Wildman–Crippen MR) is 145 cm³/mol. The standard InChI is InChI=1S/C29H30F2N6O5/c1-17-10-18(29(38)39)11-23-27(17)35-25(37(23)14-21-5-9-40-21)15-36-7-3-20(4-8-36)42-26-2-6-32-24(34-26)16-41-28-22(31)12-19(30)13-33-28/h2,6,10-13,20-21H,3-5,7-9,14-16H2,1H3,(H,38,39). The maximum Gasteiger partial charge on any atom is 0.335 e. The molecule has 2 aliphatic rings. The number of carbonyl (C=O) groups is 1. The van der Waals surface area contributed by atoms with E-state index in [4.69, 9.17) is 19.2 Å². The number of benzene rings is 1. The number of fused-ring (bicyclic) bond motifs is 1. The molecule has 220 valence electrons. The molecule has 0 aliphatic carbocycles. The number of carboxylic acid groups (broad SMARTS) is 1. The summed E-state index contributed by atoms with van der Waals surface area (Å²) in [4.78, 5) is 31.0. The summed E-state index contributed by atoms with van der Waals surface area (Å²) in [6.45, 7) is 5.31. The van der Waals surface area contributed by atoms with Crippen molar-refractivity contribution in [3.05, 3.63) is 71.1 Å². The number of aromatic nitrogens is 5. The average Bonchev–Trinajstić information content (AvgIpc) is 3.28. The zero-order valence-electron chi connectivity index (χ0n) is 23.0. The number of ether oxygens (including phenoxy) is 3. The van der Waals surface area contributed by atoms with E-state index in [0.717, 1.165) is 67.6 Å². The largest absolute Gasteiger partial charge is 0.478 e. The van der Waals surface area contributed by atoms with Crippen LogP contribution in [0.25, 0.3) is 11.0 Å². The summed E-state index contributed by atoms with van der Waals surface area (Å²) in [5.74, 6) is -1.42. The maximum atomic E-state index is 13.8. The number of rotatable bonds is 10. The lowest BCUT2D eigenvalue weighted by Gasteiger charge is -2.32. The highest BCUT2D eigenvalue weighted by atomic mass is 19.1. The van der Waals surface area contributed by atoms with E-state index in [1.165, 1.54) is 0 Å². The first-order valence-electron chi connectivity index (χ1n) is 13.8. The van der Waals surface area contributed by atoms with Gasteiger partial charge in [-0.1, -0.05) is 0 Å². The second kappa shape index (κ2) is 11.9. The average molecular weight is 581 g/mol. The Bertz CT molecular complexity index is 1600. The summed E-state index contributed by atoms with van der Waals surface area (Å²) in [6.07, 6.45) is 4.98. The molecule has 11 nitrogen and oxygen atoms in total. The van der Waals surface area contributed by atoms with Gasteiger partial charge in [0.15, 0.2) is 11.6 Å². The molecule has 0 bridgehead atoms. The highest BCUT2D eigenvalue weighted by Crippen LogP contribution is 2.27. The number of carboxylic acids is 1. The second-order valence-electron chi connectivity index (χ2n) is 10.5. The molecule has 2 saturated heterocycles. The van der Waals surface area contributed by atoms with Crippen LogP contribution in [0.3, 0.4) is 0 Å². The van der Waals surface area contributed by atoms with Gasteiger partial charge in [-0.3, -0.25) is 4.90 Å². The van der Waals surface area contributed by atoms with E-state index in [1.54, 1.807) is 24.4 Å². The van der Waals surface area contributed by atoms with Crippen LogP contribution >= 0.6 is 0 Å². The van der Waals surface area contributed by atoms with Crippen LogP contribution in [0.2, 0.25) is 0 Å². The normalized spacial score (nSPS) is 17.7. The van der Waals surface area contributed by atoms with Gasteiger partial charge in [-0.05, 0) is 43.9 Å². The fourth-order valence-electron chi connectivity index (χ4n) is 5.23. The van der Waals surface area contributed by atoms with Gasteiger partial charge in [0, 0.05) is 38.0 Å². The Morgan fingerprint density at radius 3 is 2.67 bits per heavy atom. The Balaban J connectivity index is 1.08. The van der Waals surface area contributed by atoms with Crippen molar-refractivity contribution in [1.29, 1.82) is 0 Å². The van der Waals surface area contributed by atoms with E-state index in [0.29, 0.717) is 25.0 Å². The number of imidazole rings is 1. The van der Waals surface area contributed by atoms with E-state index >= 15 is 0 Å². The number of hydrogen-bond acceptors (Lipinski definition) is 9. The van der Waals surface area contributed by atoms with Gasteiger partial charge in [-0.15, -0.1) is 0 Å². The molecule has 0 saturated carbocycles. The molecule has 1 aromatic carbocycles. The minimum Gasteiger partial charge on any atom is -0.478 e. The SMILES string of the molecule is Cc1cc(C(=O)O)cc2c1nc(CN1CCC(Oc3ccnc(COc4ncc(F)cc4F)n3)CC1)n2CC1CCO1. The molecule has 1 N–H and O–H groups in total. The molecule has 0 radical (unpaired) electrons. The van der Waals surface area contributed by atoms with Crippen molar-refractivity contribution in [3.8, 4) is 11.8 Å². The van der Waals surface area contributed by atoms with Gasteiger partial charge in [0.1, 0.15) is 24.4 Å². The van der Waals surface area contributed by atoms with Crippen LogP contribution in [-0.2, 0) is 24.4 Å². The summed E-state index contributed by atoms with van der Waals surface area (Å²) in [5, 5.41) is 9.59. The molecular formula is C29H30F2N6O5. The maximum absolute atomic E-state index is 13.8. The number of hydrogen-bond donors (Lipinski definition) is 1. The first-order chi connectivity index (χ1) is 20.3. The monoisotopic (exact) mass is 580 g/mol. The molecule has 2 fully saturated rings. The summed E-state index contributed by atoms with van der Waals surface area (Å²) >= 11 is 0. The highest BCUT2D eigenvalue weighted by molar-refractivity contribution is 5.94. The van der Waals surface area contributed by atoms with Crippen molar-refractivity contribution in [2.24, 2.45) is 0 Å². The molecule has 1 unspecified atom stereocenters. The molecule has 42 heavy (non-hydrogen) atoms. The van der Waals surface area contributed by atoms with E-state index < -0.39 is 17.6 Å². The zero-order valence-corrected chi connectivity index (χ0v) is 23.0. The van der Waals surface area contributed by atoms with E-state index in [-0.39, 0.29) is 36.1 Å². The molecule has 5 heterocycles. The smallest absolute Gasteiger partial charge is 0.335 e. The lowest BCUT2D eigenvalue weighted by molar-refractivity contribution is -0.0592. The van der Waals surface area contributed by atoms with Crippen molar-refractivity contribution >= 4 is 17.0 Å². The highest BCUT2D eigenvalue weighted by Gasteiger charge is 2.26. The van der Waals surface area contributed by atoms with Crippen LogP contribution in [0.4, 0.5) is 8.78 Å². The third kappa shape index (κ3) is 6.16. The number of likely N-dealkylation sites (tertiary alicyclic amines) is 1. The first kappa shape index (κ1) is 27.9. The van der Waals surface area contributed by atoms with Crippen LogP contribution in [0.15, 0.2) is 36.7 Å². The lowest BCUT2D eigenvalue weighted by Crippen LogP contribution is -2.39. The number of aryl methyl sites for hydroxylation is 1. The van der Waals surface area contributed by atoms with Crippen molar-refractivity contribution in [2.75, 3.05) is 19.7 Å². The van der Waals surface area contributed by atoms with Gasteiger partial charge in [-0.25, -0.2) is 28.5 Å². The van der Waals surface area contributed by atoms with Crippen molar-refractivity contribution in [1.82, 2.24) is 29.4 Å². The number of piperidine rings is 1. The van der Waals surface area contributed by atoms with E-state index in [2.05, 4.69) is 24.4 Å². The van der Waals surface area contributed by atoms with Crippen LogP contribution < -0.4 is 9.47 Å². The number of aromatic carboxylic acids is 1. The molecule has 4 aromatic rings. The summed E-state index contributed by atoms with van der Waals surface area (Å²) < 4.78 is 46.1. The summed E-state index contributed by atoms with van der Waals surface area (Å²) in [7, 11) is 0. The third-order valence-corrected chi connectivity index (χ3v) is 7.53. The Morgan fingerprint density at radius 2 is 1.95 bits per heavy atom. The summed E-state index contributed by atoms with van der Waals surface area (Å²) in [5.41, 5.74) is 2.71. The predicted octanol–water partition coefficient (Wildman–Crippen LogP) is 3.92. The summed E-state index contributed by atoms with van der Waals surface area (Å²) in [6, 6.07) is 5.72. The molecule has 2 aliphatic heterocycles. The van der Waals surface area contributed by atoms with Gasteiger partial charge >= 0.3 is 5.97 Å². The number of halogens is 2. The first-order valence-corrected chi connectivity index (χ1v) is 13.8. The van der Waals surface area contributed by atoms with Crippen LogP contribution in [0.1, 0.15) is 46.8 Å². The van der Waals surface area contributed by atoms with Gasteiger partial charge in [0.05, 0.1) is 42.0 Å². The lowest BCUT2D eigenvalue weighted by atomic mass is 10.1. The zero-order chi connectivity index (χ0) is 29.2. The van der Waals surface area contributed by atoms with Gasteiger partial charge in [-0.2, -0.15) is 4.98 Å². The molecule has 0 spiro atoms. The van der Waals surface area contributed by atoms with Crippen molar-refractivity contribution in [2.45, 2.75) is 58.1 Å². The Labute approximate surface area is 240 Å². The molecule has 6 rings (SSSR count). The Kier molecular flexibility index (Phi) is 7.94. The van der Waals surface area contributed by atoms with Gasteiger partial charge in [0.25, 0.3) is 5.88 Å². The number of pyridine rings is 1. The molecule has 0 amide bonds. The number of nitrogens with zero attached hydrogens (tertiary/aromatic N) is 6. The van der Waals surface area contributed by atoms with Gasteiger partial charge in [0.2, 0.25) is 5.88 Å². The topological polar surface area (TPSA) is 125 Å². The van der Waals surface area contributed by atoms with E-state index in [9.17, 15) is 18.7 Å². The molecular weight excluding hydrogens is 550 g/mol. The van der Waals surface area contributed by atoms with Crippen molar-refractivity contribution < 1.29 is 32.9 Å². The Hall–Kier alpha value is -4.23. The fourth-order valence-corrected chi connectivity index (χ4v) is 5.23. The van der Waals surface area contributed by atoms with Crippen LogP contribution in [0, 0.1) is 18.6 Å². The molecule has 1 atom stereocenters. The third-order valence-electron chi connectivity index (χ3n) is 7.53. The Morgan fingerprint density at radius 1 is 1.14 bits per heavy atom. The second-order valence-corrected chi connectivity index (χ2v) is 10.5. The van der Waals surface area contributed by atoms with E-state index in [1.807, 2.05) is 6.92 Å². The minimum atomic E-state index is -0.960. The van der Waals surface area contributed by atoms with Crippen LogP contribution in [-0.4, -0.2) is 72.4 Å².